The van der Waals surface area contributed by atoms with Crippen molar-refractivity contribution in [2.24, 2.45) is 5.41 Å². The Morgan fingerprint density at radius 3 is 1.69 bits per heavy atom. The van der Waals surface area contributed by atoms with Gasteiger partial charge in [0.2, 0.25) is 0 Å². The van der Waals surface area contributed by atoms with Crippen LogP contribution >= 0.6 is 0 Å². The molecule has 0 heterocycles. The summed E-state index contributed by atoms with van der Waals surface area (Å²) in [5.74, 6) is -4.83. The Bertz CT molecular complexity index is 368. The van der Waals surface area contributed by atoms with Crippen LogP contribution in [-0.2, 0) is 0 Å². The molecule has 0 amide bonds. The SMILES string of the molecule is CC1=C(C)C(C)(C)[C]=C1C(F)(F)C(F)(F)F. The first-order valence-corrected chi connectivity index (χ1v) is 4.69. The van der Waals surface area contributed by atoms with Crippen LogP contribution in [0.25, 0.3) is 0 Å². The van der Waals surface area contributed by atoms with Crippen molar-refractivity contribution in [1.29, 1.82) is 0 Å². The first kappa shape index (κ1) is 13.2. The second kappa shape index (κ2) is 3.31. The predicted molar refractivity (Wildman–Crippen MR) is 49.9 cm³/mol. The maximum atomic E-state index is 13.1. The van der Waals surface area contributed by atoms with E-state index in [1.165, 1.54) is 6.92 Å². The van der Waals surface area contributed by atoms with E-state index in [1.54, 1.807) is 20.8 Å². The molecule has 0 bridgehead atoms. The topological polar surface area (TPSA) is 0 Å². The third-order valence-corrected chi connectivity index (χ3v) is 2.98. The highest BCUT2D eigenvalue weighted by Gasteiger charge is 2.61. The van der Waals surface area contributed by atoms with E-state index < -0.39 is 23.1 Å². The molecule has 0 unspecified atom stereocenters. The summed E-state index contributed by atoms with van der Waals surface area (Å²) in [5.41, 5.74) is -1.44. The zero-order valence-corrected chi connectivity index (χ0v) is 9.39. The molecule has 0 spiro atoms. The van der Waals surface area contributed by atoms with Crippen LogP contribution in [0.1, 0.15) is 27.7 Å². The molecule has 0 fully saturated rings. The first-order chi connectivity index (χ1) is 6.91. The molecule has 0 N–H and O–H groups in total. The van der Waals surface area contributed by atoms with Crippen molar-refractivity contribution >= 4 is 0 Å². The molecule has 1 aliphatic carbocycles. The fourth-order valence-corrected chi connectivity index (χ4v) is 1.61. The van der Waals surface area contributed by atoms with Gasteiger partial charge >= 0.3 is 12.1 Å². The summed E-state index contributed by atoms with van der Waals surface area (Å²) < 4.78 is 62.9. The van der Waals surface area contributed by atoms with Gasteiger partial charge in [0.1, 0.15) is 0 Å². The minimum Gasteiger partial charge on any atom is -0.191 e. The molecule has 0 nitrogen and oxygen atoms in total. The minimum atomic E-state index is -5.57. The Hall–Kier alpha value is -0.870. The van der Waals surface area contributed by atoms with Gasteiger partial charge in [-0.25, -0.2) is 0 Å². The lowest BCUT2D eigenvalue weighted by molar-refractivity contribution is -0.263. The van der Waals surface area contributed by atoms with Gasteiger partial charge in [-0.1, -0.05) is 19.4 Å². The van der Waals surface area contributed by atoms with E-state index in [9.17, 15) is 22.0 Å². The summed E-state index contributed by atoms with van der Waals surface area (Å²) in [5, 5.41) is 0. The lowest BCUT2D eigenvalue weighted by Gasteiger charge is -2.21. The van der Waals surface area contributed by atoms with Crippen LogP contribution in [0, 0.1) is 11.5 Å². The smallest absolute Gasteiger partial charge is 0.191 e. The van der Waals surface area contributed by atoms with Crippen molar-refractivity contribution in [3.63, 3.8) is 0 Å². The number of hydrogen-bond acceptors (Lipinski definition) is 0. The number of allylic oxidation sites excluding steroid dienone is 4. The van der Waals surface area contributed by atoms with E-state index in [0.29, 0.717) is 5.57 Å². The molecule has 0 atom stereocenters. The molecule has 16 heavy (non-hydrogen) atoms. The Morgan fingerprint density at radius 1 is 1.00 bits per heavy atom. The Balaban J connectivity index is 3.30. The summed E-state index contributed by atoms with van der Waals surface area (Å²) in [7, 11) is 0. The van der Waals surface area contributed by atoms with Gasteiger partial charge in [-0.15, -0.1) is 0 Å². The normalized spacial score (nSPS) is 21.4. The second-order valence-corrected chi connectivity index (χ2v) is 4.45. The quantitative estimate of drug-likeness (QED) is 0.599. The zero-order chi connectivity index (χ0) is 12.9. The van der Waals surface area contributed by atoms with Crippen LogP contribution in [0.4, 0.5) is 22.0 Å². The van der Waals surface area contributed by atoms with Gasteiger partial charge in [0, 0.05) is 11.0 Å². The van der Waals surface area contributed by atoms with Gasteiger partial charge < -0.3 is 0 Å². The zero-order valence-electron chi connectivity index (χ0n) is 9.39. The third-order valence-electron chi connectivity index (χ3n) is 2.98. The number of hydrogen-bond donors (Lipinski definition) is 0. The fourth-order valence-electron chi connectivity index (χ4n) is 1.61. The van der Waals surface area contributed by atoms with Crippen molar-refractivity contribution in [3.05, 3.63) is 22.8 Å². The largest absolute Gasteiger partial charge is 0.458 e. The Labute approximate surface area is 90.8 Å². The average Bonchev–Trinajstić information content (AvgIpc) is 2.27. The van der Waals surface area contributed by atoms with E-state index in [4.69, 9.17) is 0 Å². The molecule has 0 saturated heterocycles. The van der Waals surface area contributed by atoms with Gasteiger partial charge in [0.05, 0.1) is 0 Å². The van der Waals surface area contributed by atoms with E-state index in [1.807, 2.05) is 0 Å². The highest BCUT2D eigenvalue weighted by Crippen LogP contribution is 2.50. The van der Waals surface area contributed by atoms with Crippen LogP contribution in [0.3, 0.4) is 0 Å². The summed E-state index contributed by atoms with van der Waals surface area (Å²) in [6, 6.07) is 0. The fraction of sp³-hybridized carbons (Fsp3) is 0.636. The summed E-state index contributed by atoms with van der Waals surface area (Å²) in [4.78, 5) is 0. The first-order valence-electron chi connectivity index (χ1n) is 4.69. The van der Waals surface area contributed by atoms with Gasteiger partial charge in [-0.2, -0.15) is 22.0 Å². The van der Waals surface area contributed by atoms with Gasteiger partial charge in [0.15, 0.2) is 0 Å². The molecule has 0 saturated carbocycles. The molecule has 1 aliphatic rings. The van der Waals surface area contributed by atoms with Crippen LogP contribution in [0.15, 0.2) is 16.7 Å². The highest BCUT2D eigenvalue weighted by atomic mass is 19.4. The summed E-state index contributed by atoms with van der Waals surface area (Å²) >= 11 is 0. The standard InChI is InChI=1S/C11H12F5/c1-6-7(2)9(3,4)5-8(6)10(12,13)11(14,15)16/h1-4H3. The lowest BCUT2D eigenvalue weighted by Crippen LogP contribution is -2.38. The molecule has 1 radical (unpaired) electrons. The third kappa shape index (κ3) is 1.76. The average molecular weight is 239 g/mol. The van der Waals surface area contributed by atoms with Crippen molar-refractivity contribution in [2.75, 3.05) is 0 Å². The molecule has 0 aromatic carbocycles. The molecule has 0 aliphatic heterocycles. The van der Waals surface area contributed by atoms with Gasteiger partial charge in [0.25, 0.3) is 0 Å². The lowest BCUT2D eigenvalue weighted by atomic mass is 9.88. The molecular weight excluding hydrogens is 227 g/mol. The van der Waals surface area contributed by atoms with E-state index in [2.05, 4.69) is 6.08 Å². The maximum Gasteiger partial charge on any atom is 0.458 e. The van der Waals surface area contributed by atoms with Gasteiger partial charge in [-0.3, -0.25) is 0 Å². The number of rotatable bonds is 1. The number of halogens is 5. The molecule has 0 aromatic heterocycles. The molecular formula is C11H12F5. The van der Waals surface area contributed by atoms with Gasteiger partial charge in [-0.05, 0) is 25.5 Å². The van der Waals surface area contributed by atoms with Crippen LogP contribution in [0.2, 0.25) is 0 Å². The van der Waals surface area contributed by atoms with E-state index in [-0.39, 0.29) is 5.57 Å². The highest BCUT2D eigenvalue weighted by molar-refractivity contribution is 5.46. The monoisotopic (exact) mass is 239 g/mol. The van der Waals surface area contributed by atoms with E-state index in [0.717, 1.165) is 0 Å². The van der Waals surface area contributed by atoms with Crippen molar-refractivity contribution in [2.45, 2.75) is 39.8 Å². The maximum absolute atomic E-state index is 13.1. The second-order valence-electron chi connectivity index (χ2n) is 4.45. The van der Waals surface area contributed by atoms with Crippen molar-refractivity contribution in [1.82, 2.24) is 0 Å². The number of alkyl halides is 5. The molecule has 91 valence electrons. The summed E-state index contributed by atoms with van der Waals surface area (Å²) in [6.45, 7) is 5.93. The van der Waals surface area contributed by atoms with Crippen molar-refractivity contribution < 1.29 is 22.0 Å². The Morgan fingerprint density at radius 2 is 1.44 bits per heavy atom. The summed E-state index contributed by atoms with van der Waals surface area (Å²) in [6.07, 6.45) is -3.32. The molecule has 5 heteroatoms. The van der Waals surface area contributed by atoms with Crippen LogP contribution in [0.5, 0.6) is 0 Å². The van der Waals surface area contributed by atoms with Crippen LogP contribution in [-0.4, -0.2) is 12.1 Å². The van der Waals surface area contributed by atoms with Crippen LogP contribution < -0.4 is 0 Å². The minimum absolute atomic E-state index is 0.0210. The van der Waals surface area contributed by atoms with E-state index >= 15 is 0 Å². The molecule has 0 aromatic rings. The van der Waals surface area contributed by atoms with Crippen molar-refractivity contribution in [3.8, 4) is 0 Å². The Kier molecular flexibility index (Phi) is 2.73. The molecule has 1 rings (SSSR count). The predicted octanol–water partition coefficient (Wildman–Crippen LogP) is 4.29.